The van der Waals surface area contributed by atoms with E-state index in [2.05, 4.69) is 10.6 Å². The summed E-state index contributed by atoms with van der Waals surface area (Å²) < 4.78 is 11.2. The fourth-order valence-electron chi connectivity index (χ4n) is 2.97. The van der Waals surface area contributed by atoms with Crippen LogP contribution in [0, 0.1) is 0 Å². The quantitative estimate of drug-likeness (QED) is 0.418. The van der Waals surface area contributed by atoms with Gasteiger partial charge in [0.25, 0.3) is 17.7 Å². The second-order valence-corrected chi connectivity index (χ2v) is 6.72. The first-order valence-corrected chi connectivity index (χ1v) is 9.44. The van der Waals surface area contributed by atoms with E-state index in [4.69, 9.17) is 21.7 Å². The highest BCUT2D eigenvalue weighted by molar-refractivity contribution is 7.80. The van der Waals surface area contributed by atoms with Crippen LogP contribution >= 0.6 is 12.2 Å². The van der Waals surface area contributed by atoms with Gasteiger partial charge >= 0.3 is 0 Å². The van der Waals surface area contributed by atoms with Crippen LogP contribution < -0.4 is 20.1 Å². The first-order chi connectivity index (χ1) is 13.5. The van der Waals surface area contributed by atoms with Crippen molar-refractivity contribution in [2.75, 3.05) is 26.3 Å². The highest BCUT2D eigenvalue weighted by atomic mass is 32.1. The van der Waals surface area contributed by atoms with Crippen molar-refractivity contribution in [2.45, 2.75) is 19.8 Å². The average Bonchev–Trinajstić information content (AvgIpc) is 3.19. The molecule has 0 radical (unpaired) electrons. The van der Waals surface area contributed by atoms with Crippen LogP contribution in [0.4, 0.5) is 0 Å². The van der Waals surface area contributed by atoms with E-state index in [1.54, 1.807) is 23.1 Å². The molecule has 0 saturated carbocycles. The molecule has 2 fully saturated rings. The number of thiocarbonyl (C=S) groups is 1. The summed E-state index contributed by atoms with van der Waals surface area (Å²) in [6.45, 7) is 3.68. The minimum atomic E-state index is -0.566. The minimum absolute atomic E-state index is 0.0198. The molecule has 2 saturated heterocycles. The number of carbonyl (C=O) groups excluding carboxylic acids is 3. The van der Waals surface area contributed by atoms with Crippen LogP contribution in [-0.2, 0) is 14.4 Å². The van der Waals surface area contributed by atoms with E-state index < -0.39 is 11.8 Å². The third kappa shape index (κ3) is 4.66. The smallest absolute Gasteiger partial charge is 0.263 e. The van der Waals surface area contributed by atoms with Gasteiger partial charge in [0.1, 0.15) is 5.57 Å². The molecule has 2 heterocycles. The first kappa shape index (κ1) is 19.8. The number of hydrogen-bond acceptors (Lipinski definition) is 6. The van der Waals surface area contributed by atoms with Crippen LogP contribution in [0.25, 0.3) is 6.08 Å². The predicted molar refractivity (Wildman–Crippen MR) is 106 cm³/mol. The van der Waals surface area contributed by atoms with Crippen molar-refractivity contribution in [1.29, 1.82) is 0 Å². The molecule has 0 aromatic heterocycles. The Morgan fingerprint density at radius 3 is 2.46 bits per heavy atom. The van der Waals surface area contributed by atoms with Crippen molar-refractivity contribution >= 4 is 41.1 Å². The molecule has 9 heteroatoms. The number of nitrogens with one attached hydrogen (secondary N) is 2. The Bertz CT molecular complexity index is 824. The van der Waals surface area contributed by atoms with Gasteiger partial charge in [-0.2, -0.15) is 0 Å². The standard InChI is InChI=1S/C19H21N3O5S/c1-2-26-15-10-12(9-13-17(24)20-19(28)21-18(13)25)5-6-14(15)27-11-16(23)22-7-3-4-8-22/h5-6,9-10H,2-4,7-8,11H2,1H3,(H2,20,21,24,25,28). The molecule has 0 bridgehead atoms. The number of carbonyl (C=O) groups is 3. The number of nitrogens with zero attached hydrogens (tertiary/aromatic N) is 1. The monoisotopic (exact) mass is 403 g/mol. The van der Waals surface area contributed by atoms with Crippen molar-refractivity contribution in [3.8, 4) is 11.5 Å². The third-order valence-corrected chi connectivity index (χ3v) is 4.54. The second-order valence-electron chi connectivity index (χ2n) is 6.31. The lowest BCUT2D eigenvalue weighted by Gasteiger charge is -2.18. The lowest BCUT2D eigenvalue weighted by atomic mass is 10.1. The summed E-state index contributed by atoms with van der Waals surface area (Å²) in [5, 5.41) is 4.75. The maximum Gasteiger partial charge on any atom is 0.263 e. The summed E-state index contributed by atoms with van der Waals surface area (Å²) >= 11 is 4.78. The Labute approximate surface area is 167 Å². The molecular formula is C19H21N3O5S. The molecule has 0 spiro atoms. The van der Waals surface area contributed by atoms with Gasteiger partial charge in [0.2, 0.25) is 0 Å². The molecule has 2 aliphatic rings. The molecule has 1 aromatic carbocycles. The lowest BCUT2D eigenvalue weighted by molar-refractivity contribution is -0.132. The molecule has 0 unspecified atom stereocenters. The number of hydrogen-bond donors (Lipinski definition) is 2. The van der Waals surface area contributed by atoms with Gasteiger partial charge in [-0.15, -0.1) is 0 Å². The molecule has 1 aromatic rings. The molecule has 2 N–H and O–H groups in total. The first-order valence-electron chi connectivity index (χ1n) is 9.03. The van der Waals surface area contributed by atoms with Crippen LogP contribution in [-0.4, -0.2) is 54.0 Å². The average molecular weight is 403 g/mol. The normalized spacial score (nSPS) is 16.5. The Balaban J connectivity index is 1.76. The number of rotatable bonds is 6. The van der Waals surface area contributed by atoms with Gasteiger partial charge in [0.05, 0.1) is 6.61 Å². The van der Waals surface area contributed by atoms with Gasteiger partial charge in [-0.05, 0) is 55.8 Å². The predicted octanol–water partition coefficient (Wildman–Crippen LogP) is 1.00. The Kier molecular flexibility index (Phi) is 6.25. The summed E-state index contributed by atoms with van der Waals surface area (Å²) in [6, 6.07) is 4.98. The van der Waals surface area contributed by atoms with E-state index in [0.717, 1.165) is 25.9 Å². The highest BCUT2D eigenvalue weighted by Gasteiger charge is 2.26. The van der Waals surface area contributed by atoms with Crippen LogP contribution in [0.1, 0.15) is 25.3 Å². The van der Waals surface area contributed by atoms with E-state index in [-0.39, 0.29) is 23.2 Å². The van der Waals surface area contributed by atoms with Crippen molar-refractivity contribution in [2.24, 2.45) is 0 Å². The fraction of sp³-hybridized carbons (Fsp3) is 0.368. The molecule has 28 heavy (non-hydrogen) atoms. The molecule has 8 nitrogen and oxygen atoms in total. The van der Waals surface area contributed by atoms with Crippen LogP contribution in [0.5, 0.6) is 11.5 Å². The zero-order valence-electron chi connectivity index (χ0n) is 15.4. The van der Waals surface area contributed by atoms with E-state index >= 15 is 0 Å². The van der Waals surface area contributed by atoms with Crippen molar-refractivity contribution < 1.29 is 23.9 Å². The summed E-state index contributed by atoms with van der Waals surface area (Å²) in [7, 11) is 0. The summed E-state index contributed by atoms with van der Waals surface area (Å²) in [6.07, 6.45) is 3.48. The zero-order valence-corrected chi connectivity index (χ0v) is 16.3. The third-order valence-electron chi connectivity index (χ3n) is 4.33. The molecule has 3 amide bonds. The fourth-order valence-corrected chi connectivity index (χ4v) is 3.16. The summed E-state index contributed by atoms with van der Waals surface area (Å²) in [5.41, 5.74) is 0.517. The minimum Gasteiger partial charge on any atom is -0.490 e. The Hall–Kier alpha value is -2.94. The highest BCUT2D eigenvalue weighted by Crippen LogP contribution is 2.29. The SMILES string of the molecule is CCOc1cc(C=C2C(=O)NC(=S)NC2=O)ccc1OCC(=O)N1CCCC1. The van der Waals surface area contributed by atoms with E-state index in [1.165, 1.54) is 6.08 Å². The zero-order chi connectivity index (χ0) is 20.1. The van der Waals surface area contributed by atoms with Crippen LogP contribution in [0.3, 0.4) is 0 Å². The van der Waals surface area contributed by atoms with Gasteiger partial charge in [-0.1, -0.05) is 6.07 Å². The van der Waals surface area contributed by atoms with Crippen molar-refractivity contribution in [1.82, 2.24) is 15.5 Å². The van der Waals surface area contributed by atoms with Crippen molar-refractivity contribution in [3.63, 3.8) is 0 Å². The number of ether oxygens (including phenoxy) is 2. The summed E-state index contributed by atoms with van der Waals surface area (Å²) in [5.74, 6) is -0.336. The molecule has 3 rings (SSSR count). The van der Waals surface area contributed by atoms with Gasteiger partial charge in [0, 0.05) is 13.1 Å². The van der Waals surface area contributed by atoms with Crippen LogP contribution in [0.2, 0.25) is 0 Å². The van der Waals surface area contributed by atoms with Gasteiger partial charge in [-0.3, -0.25) is 25.0 Å². The molecule has 2 aliphatic heterocycles. The number of benzene rings is 1. The number of likely N-dealkylation sites (tertiary alicyclic amines) is 1. The van der Waals surface area contributed by atoms with Crippen LogP contribution in [0.15, 0.2) is 23.8 Å². The van der Waals surface area contributed by atoms with E-state index in [0.29, 0.717) is 23.7 Å². The van der Waals surface area contributed by atoms with E-state index in [9.17, 15) is 14.4 Å². The molecule has 148 valence electrons. The largest absolute Gasteiger partial charge is 0.490 e. The van der Waals surface area contributed by atoms with Gasteiger partial charge < -0.3 is 14.4 Å². The maximum absolute atomic E-state index is 12.2. The number of amides is 3. The Morgan fingerprint density at radius 1 is 1.14 bits per heavy atom. The van der Waals surface area contributed by atoms with E-state index in [1.807, 2.05) is 6.92 Å². The maximum atomic E-state index is 12.2. The summed E-state index contributed by atoms with van der Waals surface area (Å²) in [4.78, 5) is 37.9. The van der Waals surface area contributed by atoms with Crippen molar-refractivity contribution in [3.05, 3.63) is 29.3 Å². The Morgan fingerprint density at radius 2 is 1.82 bits per heavy atom. The second kappa shape index (κ2) is 8.83. The van der Waals surface area contributed by atoms with Gasteiger partial charge in [-0.25, -0.2) is 0 Å². The molecular weight excluding hydrogens is 382 g/mol. The topological polar surface area (TPSA) is 97.0 Å². The molecule has 0 atom stereocenters. The lowest BCUT2D eigenvalue weighted by Crippen LogP contribution is -2.51. The molecule has 0 aliphatic carbocycles. The van der Waals surface area contributed by atoms with Gasteiger partial charge in [0.15, 0.2) is 23.2 Å².